The van der Waals surface area contributed by atoms with Gasteiger partial charge in [-0.1, -0.05) is 36.8 Å². The van der Waals surface area contributed by atoms with Crippen molar-refractivity contribution in [2.45, 2.75) is 45.6 Å². The van der Waals surface area contributed by atoms with Gasteiger partial charge in [0.2, 0.25) is 5.91 Å². The van der Waals surface area contributed by atoms with Crippen LogP contribution >= 0.6 is 0 Å². The fourth-order valence-electron chi connectivity index (χ4n) is 4.78. The number of carbonyl (C=O) groups is 1. The van der Waals surface area contributed by atoms with Crippen LogP contribution in [0.25, 0.3) is 10.9 Å². The molecule has 1 unspecified atom stereocenters. The first-order chi connectivity index (χ1) is 15.6. The van der Waals surface area contributed by atoms with Crippen LogP contribution in [-0.2, 0) is 11.2 Å². The minimum Gasteiger partial charge on any atom is -0.497 e. The number of aryl methyl sites for hydroxylation is 2. The van der Waals surface area contributed by atoms with E-state index in [1.54, 1.807) is 7.11 Å². The van der Waals surface area contributed by atoms with Gasteiger partial charge >= 0.3 is 0 Å². The Balaban J connectivity index is 1.49. The van der Waals surface area contributed by atoms with Crippen LogP contribution in [-0.4, -0.2) is 42.5 Å². The third kappa shape index (κ3) is 4.94. The number of fused-ring (bicyclic) bond motifs is 1. The maximum Gasteiger partial charge on any atom is 0.224 e. The van der Waals surface area contributed by atoms with Crippen molar-refractivity contribution in [1.82, 2.24) is 15.2 Å². The molecule has 3 aromatic rings. The summed E-state index contributed by atoms with van der Waals surface area (Å²) < 4.78 is 5.32. The molecule has 2 aromatic carbocycles. The Bertz CT molecular complexity index is 1070. The van der Waals surface area contributed by atoms with Crippen LogP contribution in [0.3, 0.4) is 0 Å². The van der Waals surface area contributed by atoms with Crippen molar-refractivity contribution in [3.8, 4) is 5.75 Å². The number of carbonyl (C=O) groups excluding carboxylic acids is 1. The van der Waals surface area contributed by atoms with Gasteiger partial charge in [-0.05, 0) is 74.7 Å². The maximum atomic E-state index is 13.0. The molecule has 1 saturated heterocycles. The van der Waals surface area contributed by atoms with E-state index in [0.717, 1.165) is 46.6 Å². The van der Waals surface area contributed by atoms with Crippen molar-refractivity contribution < 1.29 is 9.53 Å². The molecule has 1 fully saturated rings. The number of rotatable bonds is 7. The van der Waals surface area contributed by atoms with Gasteiger partial charge in [0.25, 0.3) is 0 Å². The Hall–Kier alpha value is -2.92. The van der Waals surface area contributed by atoms with E-state index < -0.39 is 0 Å². The third-order valence-corrected chi connectivity index (χ3v) is 6.65. The van der Waals surface area contributed by atoms with Crippen LogP contribution < -0.4 is 10.1 Å². The number of para-hydroxylation sites is 1. The van der Waals surface area contributed by atoms with Gasteiger partial charge in [-0.25, -0.2) is 0 Å². The molecule has 0 spiro atoms. The number of amides is 1. The summed E-state index contributed by atoms with van der Waals surface area (Å²) in [6, 6.07) is 16.5. The number of hydrogen-bond acceptors (Lipinski definition) is 4. The predicted octanol–water partition coefficient (Wildman–Crippen LogP) is 4.75. The highest BCUT2D eigenvalue weighted by Gasteiger charge is 2.23. The molecule has 1 atom stereocenters. The molecule has 1 aromatic heterocycles. The first kappa shape index (κ1) is 22.3. The van der Waals surface area contributed by atoms with Crippen molar-refractivity contribution in [2.75, 3.05) is 26.7 Å². The molecular weight excluding hydrogens is 398 g/mol. The maximum absolute atomic E-state index is 13.0. The van der Waals surface area contributed by atoms with Crippen LogP contribution in [0.2, 0.25) is 0 Å². The summed E-state index contributed by atoms with van der Waals surface area (Å²) in [6.07, 6.45) is 4.06. The lowest BCUT2D eigenvalue weighted by molar-refractivity contribution is -0.120. The first-order valence-electron chi connectivity index (χ1n) is 11.6. The van der Waals surface area contributed by atoms with E-state index >= 15 is 0 Å². The lowest BCUT2D eigenvalue weighted by Crippen LogP contribution is -2.41. The molecule has 168 valence electrons. The highest BCUT2D eigenvalue weighted by Crippen LogP contribution is 2.26. The van der Waals surface area contributed by atoms with Gasteiger partial charge in [0.1, 0.15) is 5.75 Å². The topological polar surface area (TPSA) is 54.5 Å². The SMILES string of the molecule is COc1ccc(C(CNC(=O)Cc2c(C)nc3ccccc3c2C)N2CCCCC2)cc1. The summed E-state index contributed by atoms with van der Waals surface area (Å²) in [5.74, 6) is 0.897. The Morgan fingerprint density at radius 2 is 1.78 bits per heavy atom. The fraction of sp³-hybridized carbons (Fsp3) is 0.407. The molecule has 4 rings (SSSR count). The van der Waals surface area contributed by atoms with E-state index in [9.17, 15) is 4.79 Å². The zero-order valence-corrected chi connectivity index (χ0v) is 19.4. The van der Waals surface area contributed by atoms with Crippen molar-refractivity contribution >= 4 is 16.8 Å². The summed E-state index contributed by atoms with van der Waals surface area (Å²) in [6.45, 7) is 6.83. The molecule has 0 saturated carbocycles. The number of pyridine rings is 1. The lowest BCUT2D eigenvalue weighted by Gasteiger charge is -2.35. The van der Waals surface area contributed by atoms with Crippen LogP contribution in [0.15, 0.2) is 48.5 Å². The number of aromatic nitrogens is 1. The van der Waals surface area contributed by atoms with E-state index in [0.29, 0.717) is 13.0 Å². The molecule has 0 radical (unpaired) electrons. The molecule has 32 heavy (non-hydrogen) atoms. The number of hydrogen-bond donors (Lipinski definition) is 1. The Labute approximate surface area is 190 Å². The molecule has 1 N–H and O–H groups in total. The lowest BCUT2D eigenvalue weighted by atomic mass is 9.99. The Kier molecular flexibility index (Phi) is 7.05. The highest BCUT2D eigenvalue weighted by atomic mass is 16.5. The number of nitrogens with one attached hydrogen (secondary N) is 1. The van der Waals surface area contributed by atoms with Crippen molar-refractivity contribution in [1.29, 1.82) is 0 Å². The van der Waals surface area contributed by atoms with Crippen LogP contribution in [0, 0.1) is 13.8 Å². The average Bonchev–Trinajstić information content (AvgIpc) is 2.83. The van der Waals surface area contributed by atoms with Gasteiger partial charge in [0.15, 0.2) is 0 Å². The molecule has 1 aliphatic heterocycles. The standard InChI is InChI=1S/C27H33N3O2/c1-19-23-9-5-6-10-25(23)29-20(2)24(19)17-27(31)28-18-26(30-15-7-4-8-16-30)21-11-13-22(32-3)14-12-21/h5-6,9-14,26H,4,7-8,15-18H2,1-3H3,(H,28,31). The molecule has 1 aliphatic rings. The third-order valence-electron chi connectivity index (χ3n) is 6.65. The first-order valence-corrected chi connectivity index (χ1v) is 11.6. The second kappa shape index (κ2) is 10.1. The zero-order chi connectivity index (χ0) is 22.5. The van der Waals surface area contributed by atoms with Gasteiger partial charge in [0, 0.05) is 17.6 Å². The number of ether oxygens (including phenoxy) is 1. The largest absolute Gasteiger partial charge is 0.497 e. The average molecular weight is 432 g/mol. The van der Waals surface area contributed by atoms with Crippen LogP contribution in [0.5, 0.6) is 5.75 Å². The number of benzene rings is 2. The quantitative estimate of drug-likeness (QED) is 0.587. The van der Waals surface area contributed by atoms with Crippen LogP contribution in [0.1, 0.15) is 47.7 Å². The summed E-state index contributed by atoms with van der Waals surface area (Å²) in [4.78, 5) is 20.2. The van der Waals surface area contributed by atoms with Crippen molar-refractivity contribution in [3.05, 3.63) is 70.9 Å². The van der Waals surface area contributed by atoms with E-state index in [1.807, 2.05) is 37.3 Å². The summed E-state index contributed by atoms with van der Waals surface area (Å²) >= 11 is 0. The number of piperidine rings is 1. The van der Waals surface area contributed by atoms with E-state index in [4.69, 9.17) is 9.72 Å². The second-order valence-corrected chi connectivity index (χ2v) is 8.68. The summed E-state index contributed by atoms with van der Waals surface area (Å²) in [7, 11) is 1.68. The van der Waals surface area contributed by atoms with E-state index in [-0.39, 0.29) is 11.9 Å². The van der Waals surface area contributed by atoms with Gasteiger partial charge < -0.3 is 10.1 Å². The van der Waals surface area contributed by atoms with Gasteiger partial charge in [-0.15, -0.1) is 0 Å². The molecule has 5 nitrogen and oxygen atoms in total. The highest BCUT2D eigenvalue weighted by molar-refractivity contribution is 5.86. The molecular formula is C27H33N3O2. The monoisotopic (exact) mass is 431 g/mol. The van der Waals surface area contributed by atoms with Crippen LogP contribution in [0.4, 0.5) is 0 Å². The van der Waals surface area contributed by atoms with Crippen molar-refractivity contribution in [3.63, 3.8) is 0 Å². The fourth-order valence-corrected chi connectivity index (χ4v) is 4.78. The summed E-state index contributed by atoms with van der Waals surface area (Å²) in [5.41, 5.74) is 5.30. The second-order valence-electron chi connectivity index (χ2n) is 8.68. The number of likely N-dealkylation sites (tertiary alicyclic amines) is 1. The molecule has 2 heterocycles. The zero-order valence-electron chi connectivity index (χ0n) is 19.4. The Morgan fingerprint density at radius 1 is 1.06 bits per heavy atom. The molecule has 0 aliphatic carbocycles. The minimum absolute atomic E-state index is 0.0452. The van der Waals surface area contributed by atoms with Crippen molar-refractivity contribution in [2.24, 2.45) is 0 Å². The van der Waals surface area contributed by atoms with E-state index in [1.165, 1.54) is 24.8 Å². The van der Waals surface area contributed by atoms with Gasteiger partial charge in [-0.2, -0.15) is 0 Å². The molecule has 1 amide bonds. The minimum atomic E-state index is 0.0452. The predicted molar refractivity (Wildman–Crippen MR) is 129 cm³/mol. The Morgan fingerprint density at radius 3 is 2.50 bits per heavy atom. The number of nitrogens with zero attached hydrogens (tertiary/aromatic N) is 2. The van der Waals surface area contributed by atoms with Gasteiger partial charge in [-0.3, -0.25) is 14.7 Å². The molecule has 0 bridgehead atoms. The van der Waals surface area contributed by atoms with Gasteiger partial charge in [0.05, 0.1) is 25.1 Å². The van der Waals surface area contributed by atoms with E-state index in [2.05, 4.69) is 35.3 Å². The molecule has 5 heteroatoms. The summed E-state index contributed by atoms with van der Waals surface area (Å²) in [5, 5.41) is 4.33. The number of methoxy groups -OCH3 is 1. The smallest absolute Gasteiger partial charge is 0.224 e. The normalized spacial score (nSPS) is 15.5.